The molecule has 0 amide bonds. The van der Waals surface area contributed by atoms with Crippen molar-refractivity contribution >= 4 is 5.95 Å². The molecule has 92 valence electrons. The van der Waals surface area contributed by atoms with Crippen LogP contribution in [0.5, 0.6) is 0 Å². The lowest BCUT2D eigenvalue weighted by molar-refractivity contribution is 0.281. The normalized spacial score (nSPS) is 14.4. The Bertz CT molecular complexity index is 539. The van der Waals surface area contributed by atoms with E-state index in [1.54, 1.807) is 12.4 Å². The first-order chi connectivity index (χ1) is 8.86. The largest absolute Gasteiger partial charge is 0.392 e. The molecule has 0 saturated carbocycles. The molecule has 3 rings (SSSR count). The standard InChI is InChI=1S/C14H15N3O/c18-10-11-7-15-14(16-8-11)17-6-5-12-3-1-2-4-13(12)9-17/h1-4,7-8,18H,5-6,9-10H2. The average molecular weight is 241 g/mol. The van der Waals surface area contributed by atoms with Crippen LogP contribution in [-0.4, -0.2) is 21.6 Å². The minimum atomic E-state index is -0.0108. The van der Waals surface area contributed by atoms with Gasteiger partial charge in [0.2, 0.25) is 5.95 Å². The zero-order chi connectivity index (χ0) is 12.4. The number of hydrogen-bond donors (Lipinski definition) is 1. The van der Waals surface area contributed by atoms with Crippen molar-refractivity contribution < 1.29 is 5.11 Å². The molecule has 4 heteroatoms. The maximum Gasteiger partial charge on any atom is 0.225 e. The highest BCUT2D eigenvalue weighted by molar-refractivity contribution is 5.39. The molecule has 2 heterocycles. The van der Waals surface area contributed by atoms with Gasteiger partial charge in [0, 0.05) is 31.0 Å². The minimum absolute atomic E-state index is 0.0108. The Morgan fingerprint density at radius 1 is 1.11 bits per heavy atom. The molecule has 0 unspecified atom stereocenters. The maximum atomic E-state index is 8.98. The van der Waals surface area contributed by atoms with Crippen molar-refractivity contribution in [2.75, 3.05) is 11.4 Å². The van der Waals surface area contributed by atoms with Crippen molar-refractivity contribution in [2.45, 2.75) is 19.6 Å². The molecule has 1 aliphatic heterocycles. The molecule has 0 aliphatic carbocycles. The first kappa shape index (κ1) is 11.2. The third-order valence-corrected chi connectivity index (χ3v) is 3.29. The summed E-state index contributed by atoms with van der Waals surface area (Å²) in [4.78, 5) is 10.8. The molecule has 0 atom stereocenters. The molecular formula is C14H15N3O. The molecule has 1 aliphatic rings. The van der Waals surface area contributed by atoms with Crippen LogP contribution in [0.3, 0.4) is 0 Å². The molecule has 2 aromatic rings. The van der Waals surface area contributed by atoms with Gasteiger partial charge in [-0.3, -0.25) is 0 Å². The van der Waals surface area contributed by atoms with Crippen LogP contribution >= 0.6 is 0 Å². The van der Waals surface area contributed by atoms with Gasteiger partial charge in [0.15, 0.2) is 0 Å². The number of benzene rings is 1. The Balaban J connectivity index is 1.82. The lowest BCUT2D eigenvalue weighted by atomic mass is 10.0. The van der Waals surface area contributed by atoms with Gasteiger partial charge in [0.1, 0.15) is 0 Å². The molecule has 1 N–H and O–H groups in total. The lowest BCUT2D eigenvalue weighted by Crippen LogP contribution is -2.31. The van der Waals surface area contributed by atoms with Gasteiger partial charge in [-0.25, -0.2) is 9.97 Å². The van der Waals surface area contributed by atoms with Gasteiger partial charge in [-0.15, -0.1) is 0 Å². The Hall–Kier alpha value is -1.94. The molecule has 1 aromatic carbocycles. The highest BCUT2D eigenvalue weighted by atomic mass is 16.3. The van der Waals surface area contributed by atoms with Crippen molar-refractivity contribution in [3.05, 3.63) is 53.3 Å². The summed E-state index contributed by atoms with van der Waals surface area (Å²) in [5, 5.41) is 8.98. The first-order valence-electron chi connectivity index (χ1n) is 6.10. The van der Waals surface area contributed by atoms with E-state index < -0.39 is 0 Å². The van der Waals surface area contributed by atoms with Gasteiger partial charge in [-0.1, -0.05) is 24.3 Å². The second-order valence-electron chi connectivity index (χ2n) is 4.49. The molecule has 0 fully saturated rings. The summed E-state index contributed by atoms with van der Waals surface area (Å²) >= 11 is 0. The molecule has 0 saturated heterocycles. The van der Waals surface area contributed by atoms with Gasteiger partial charge in [0.25, 0.3) is 0 Å². The quantitative estimate of drug-likeness (QED) is 0.866. The van der Waals surface area contributed by atoms with E-state index in [1.165, 1.54) is 11.1 Å². The summed E-state index contributed by atoms with van der Waals surface area (Å²) in [7, 11) is 0. The first-order valence-corrected chi connectivity index (χ1v) is 6.10. The Morgan fingerprint density at radius 2 is 1.83 bits per heavy atom. The van der Waals surface area contributed by atoms with Crippen LogP contribution in [0.15, 0.2) is 36.7 Å². The number of rotatable bonds is 2. The number of hydrogen-bond acceptors (Lipinski definition) is 4. The molecule has 1 aromatic heterocycles. The number of nitrogens with zero attached hydrogens (tertiary/aromatic N) is 3. The lowest BCUT2D eigenvalue weighted by Gasteiger charge is -2.28. The zero-order valence-corrected chi connectivity index (χ0v) is 10.1. The fourth-order valence-corrected chi connectivity index (χ4v) is 2.26. The Morgan fingerprint density at radius 3 is 2.56 bits per heavy atom. The molecule has 0 radical (unpaired) electrons. The zero-order valence-electron chi connectivity index (χ0n) is 10.1. The van der Waals surface area contributed by atoms with Gasteiger partial charge in [-0.05, 0) is 17.5 Å². The number of aliphatic hydroxyl groups is 1. The smallest absolute Gasteiger partial charge is 0.225 e. The molecular weight excluding hydrogens is 226 g/mol. The minimum Gasteiger partial charge on any atom is -0.392 e. The van der Waals surface area contributed by atoms with E-state index in [-0.39, 0.29) is 6.61 Å². The SMILES string of the molecule is OCc1cnc(N2CCc3ccccc3C2)nc1. The van der Waals surface area contributed by atoms with Crippen molar-refractivity contribution in [3.63, 3.8) is 0 Å². The maximum absolute atomic E-state index is 8.98. The number of aromatic nitrogens is 2. The highest BCUT2D eigenvalue weighted by Crippen LogP contribution is 2.21. The summed E-state index contributed by atoms with van der Waals surface area (Å²) in [6.45, 7) is 1.78. The summed E-state index contributed by atoms with van der Waals surface area (Å²) < 4.78 is 0. The average Bonchev–Trinajstić information content (AvgIpc) is 2.47. The molecule has 0 bridgehead atoms. The van der Waals surface area contributed by atoms with Crippen molar-refractivity contribution in [1.82, 2.24) is 9.97 Å². The van der Waals surface area contributed by atoms with Crippen LogP contribution in [0, 0.1) is 0 Å². The summed E-state index contributed by atoms with van der Waals surface area (Å²) in [5.74, 6) is 0.738. The van der Waals surface area contributed by atoms with E-state index >= 15 is 0 Å². The highest BCUT2D eigenvalue weighted by Gasteiger charge is 2.17. The topological polar surface area (TPSA) is 49.3 Å². The number of anilines is 1. The van der Waals surface area contributed by atoms with E-state index in [4.69, 9.17) is 5.11 Å². The Kier molecular flexibility index (Phi) is 2.94. The van der Waals surface area contributed by atoms with E-state index in [0.29, 0.717) is 0 Å². The predicted molar refractivity (Wildman–Crippen MR) is 69.2 cm³/mol. The van der Waals surface area contributed by atoms with Gasteiger partial charge < -0.3 is 10.0 Å². The van der Waals surface area contributed by atoms with Crippen LogP contribution in [0.1, 0.15) is 16.7 Å². The van der Waals surface area contributed by atoms with Gasteiger partial charge in [0.05, 0.1) is 6.61 Å². The van der Waals surface area contributed by atoms with Crippen molar-refractivity contribution in [2.24, 2.45) is 0 Å². The summed E-state index contributed by atoms with van der Waals surface area (Å²) in [6, 6.07) is 8.49. The van der Waals surface area contributed by atoms with E-state index in [9.17, 15) is 0 Å². The van der Waals surface area contributed by atoms with Crippen LogP contribution in [0.4, 0.5) is 5.95 Å². The Labute approximate surface area is 106 Å². The van der Waals surface area contributed by atoms with Crippen LogP contribution in [-0.2, 0) is 19.6 Å². The number of aliphatic hydroxyl groups excluding tert-OH is 1. The van der Waals surface area contributed by atoms with E-state index in [0.717, 1.165) is 31.0 Å². The van der Waals surface area contributed by atoms with Crippen molar-refractivity contribution in [3.8, 4) is 0 Å². The van der Waals surface area contributed by atoms with Crippen LogP contribution < -0.4 is 4.90 Å². The second-order valence-corrected chi connectivity index (χ2v) is 4.49. The molecule has 4 nitrogen and oxygen atoms in total. The third-order valence-electron chi connectivity index (χ3n) is 3.29. The summed E-state index contributed by atoms with van der Waals surface area (Å²) in [6.07, 6.45) is 4.40. The second kappa shape index (κ2) is 4.74. The molecule has 18 heavy (non-hydrogen) atoms. The third kappa shape index (κ3) is 2.07. The van der Waals surface area contributed by atoms with Gasteiger partial charge in [-0.2, -0.15) is 0 Å². The fraction of sp³-hybridized carbons (Fsp3) is 0.286. The monoisotopic (exact) mass is 241 g/mol. The van der Waals surface area contributed by atoms with E-state index in [1.807, 2.05) is 0 Å². The van der Waals surface area contributed by atoms with E-state index in [2.05, 4.69) is 39.1 Å². The predicted octanol–water partition coefficient (Wildman–Crippen LogP) is 1.53. The van der Waals surface area contributed by atoms with Crippen LogP contribution in [0.2, 0.25) is 0 Å². The fourth-order valence-electron chi connectivity index (χ4n) is 2.26. The summed E-state index contributed by atoms with van der Waals surface area (Å²) in [5.41, 5.74) is 3.51. The van der Waals surface area contributed by atoms with Crippen molar-refractivity contribution in [1.29, 1.82) is 0 Å². The number of fused-ring (bicyclic) bond motifs is 1. The van der Waals surface area contributed by atoms with Gasteiger partial charge >= 0.3 is 0 Å². The van der Waals surface area contributed by atoms with Crippen LogP contribution in [0.25, 0.3) is 0 Å². The molecule has 0 spiro atoms.